The Kier molecular flexibility index (Phi) is 4.11. The van der Waals surface area contributed by atoms with E-state index < -0.39 is 6.03 Å². The van der Waals surface area contributed by atoms with Crippen molar-refractivity contribution in [2.45, 2.75) is 31.8 Å². The molecule has 1 aliphatic rings. The molecule has 4 heteroatoms. The first-order chi connectivity index (χ1) is 10.6. The number of fused-ring (bicyclic) bond motifs is 1. The number of hydrogen-bond acceptors (Lipinski definition) is 2. The van der Waals surface area contributed by atoms with Crippen LogP contribution < -0.4 is 16.4 Å². The number of urea groups is 1. The summed E-state index contributed by atoms with van der Waals surface area (Å²) in [7, 11) is 0. The highest BCUT2D eigenvalue weighted by molar-refractivity contribution is 5.87. The Hall–Kier alpha value is -2.33. The lowest BCUT2D eigenvalue weighted by Gasteiger charge is -2.20. The van der Waals surface area contributed by atoms with Crippen molar-refractivity contribution in [2.24, 2.45) is 5.73 Å². The van der Waals surface area contributed by atoms with Crippen LogP contribution in [-0.2, 0) is 12.8 Å². The lowest BCUT2D eigenvalue weighted by Crippen LogP contribution is -2.32. The summed E-state index contributed by atoms with van der Waals surface area (Å²) in [5.74, 6) is 0. The maximum atomic E-state index is 10.8. The average molecular weight is 295 g/mol. The molecule has 0 heterocycles. The number of anilines is 1. The number of rotatable bonds is 4. The minimum Gasteiger partial charge on any atom is -0.351 e. The van der Waals surface area contributed by atoms with Crippen LogP contribution in [0.5, 0.6) is 0 Å². The lowest BCUT2D eigenvalue weighted by atomic mass is 10.1. The number of carbonyl (C=O) groups excluding carboxylic acids is 1. The third kappa shape index (κ3) is 3.28. The Bertz CT molecular complexity index is 641. The fourth-order valence-corrected chi connectivity index (χ4v) is 3.12. The summed E-state index contributed by atoms with van der Waals surface area (Å²) in [6.45, 7) is 2.17. The topological polar surface area (TPSA) is 67.2 Å². The Morgan fingerprint density at radius 3 is 2.23 bits per heavy atom. The zero-order chi connectivity index (χ0) is 15.5. The van der Waals surface area contributed by atoms with E-state index in [4.69, 9.17) is 5.73 Å². The molecule has 2 aromatic carbocycles. The Morgan fingerprint density at radius 1 is 1.09 bits per heavy atom. The number of primary amides is 1. The van der Waals surface area contributed by atoms with Crippen molar-refractivity contribution in [3.63, 3.8) is 0 Å². The first-order valence-corrected chi connectivity index (χ1v) is 7.61. The molecule has 4 nitrogen and oxygen atoms in total. The zero-order valence-corrected chi connectivity index (χ0v) is 12.7. The summed E-state index contributed by atoms with van der Waals surface area (Å²) in [5, 5.41) is 6.26. The van der Waals surface area contributed by atoms with Crippen LogP contribution in [0.15, 0.2) is 48.5 Å². The van der Waals surface area contributed by atoms with E-state index in [1.165, 1.54) is 16.7 Å². The smallest absolute Gasteiger partial charge is 0.316 e. The molecule has 114 valence electrons. The highest BCUT2D eigenvalue weighted by atomic mass is 16.2. The molecule has 22 heavy (non-hydrogen) atoms. The second-order valence-electron chi connectivity index (χ2n) is 5.87. The molecule has 0 fully saturated rings. The molecule has 0 radical (unpaired) electrons. The van der Waals surface area contributed by atoms with Crippen molar-refractivity contribution in [1.29, 1.82) is 0 Å². The molecule has 0 aromatic heterocycles. The van der Waals surface area contributed by atoms with Gasteiger partial charge in [0.15, 0.2) is 0 Å². The summed E-state index contributed by atoms with van der Waals surface area (Å²) in [6.07, 6.45) is 2.17. The zero-order valence-electron chi connectivity index (χ0n) is 12.7. The van der Waals surface area contributed by atoms with Crippen molar-refractivity contribution < 1.29 is 4.79 Å². The third-order valence-electron chi connectivity index (χ3n) is 4.21. The van der Waals surface area contributed by atoms with E-state index in [9.17, 15) is 4.79 Å². The van der Waals surface area contributed by atoms with Crippen LogP contribution in [0.3, 0.4) is 0 Å². The number of benzene rings is 2. The Labute approximate surface area is 130 Å². The summed E-state index contributed by atoms with van der Waals surface area (Å²) in [6, 6.07) is 16.6. The van der Waals surface area contributed by atoms with Gasteiger partial charge in [0.05, 0.1) is 0 Å². The molecular weight excluding hydrogens is 274 g/mol. The predicted molar refractivity (Wildman–Crippen MR) is 88.8 cm³/mol. The van der Waals surface area contributed by atoms with Gasteiger partial charge in [-0.3, -0.25) is 0 Å². The van der Waals surface area contributed by atoms with Crippen molar-refractivity contribution in [1.82, 2.24) is 5.32 Å². The van der Waals surface area contributed by atoms with Gasteiger partial charge < -0.3 is 16.4 Å². The molecule has 1 unspecified atom stereocenters. The van der Waals surface area contributed by atoms with Crippen LogP contribution in [0, 0.1) is 0 Å². The molecule has 3 rings (SSSR count). The number of nitrogens with one attached hydrogen (secondary N) is 2. The van der Waals surface area contributed by atoms with Gasteiger partial charge >= 0.3 is 6.03 Å². The van der Waals surface area contributed by atoms with Gasteiger partial charge in [-0.15, -0.1) is 0 Å². The summed E-state index contributed by atoms with van der Waals surface area (Å²) in [5.41, 5.74) is 9.93. The van der Waals surface area contributed by atoms with E-state index in [1.54, 1.807) is 0 Å². The molecule has 2 aromatic rings. The van der Waals surface area contributed by atoms with E-state index >= 15 is 0 Å². The highest BCUT2D eigenvalue weighted by Crippen LogP contribution is 2.24. The average Bonchev–Trinajstić information content (AvgIpc) is 2.89. The maximum Gasteiger partial charge on any atom is 0.316 e. The summed E-state index contributed by atoms with van der Waals surface area (Å²) >= 11 is 0. The Morgan fingerprint density at radius 2 is 1.68 bits per heavy atom. The summed E-state index contributed by atoms with van der Waals surface area (Å²) in [4.78, 5) is 10.8. The van der Waals surface area contributed by atoms with Gasteiger partial charge in [-0.2, -0.15) is 0 Å². The van der Waals surface area contributed by atoms with Crippen LogP contribution >= 0.6 is 0 Å². The largest absolute Gasteiger partial charge is 0.351 e. The molecule has 0 bridgehead atoms. The second kappa shape index (κ2) is 6.20. The standard InChI is InChI=1S/C18H21N3O/c1-12(13-6-8-16(9-7-13)21-18(19)22)20-17-10-14-4-2-3-5-15(14)11-17/h2-9,12,17,20H,10-11H2,1H3,(H3,19,21,22). The predicted octanol–water partition coefficient (Wildman–Crippen LogP) is 3.00. The van der Waals surface area contributed by atoms with Gasteiger partial charge in [0.1, 0.15) is 0 Å². The molecule has 0 aliphatic heterocycles. The van der Waals surface area contributed by atoms with Crippen LogP contribution in [0.25, 0.3) is 0 Å². The van der Waals surface area contributed by atoms with Gasteiger partial charge in [0, 0.05) is 17.8 Å². The Balaban J connectivity index is 1.61. The fourth-order valence-electron chi connectivity index (χ4n) is 3.12. The van der Waals surface area contributed by atoms with Gasteiger partial charge in [-0.05, 0) is 48.6 Å². The van der Waals surface area contributed by atoms with Crippen LogP contribution in [0.1, 0.15) is 29.7 Å². The monoisotopic (exact) mass is 295 g/mol. The first kappa shape index (κ1) is 14.6. The highest BCUT2D eigenvalue weighted by Gasteiger charge is 2.22. The van der Waals surface area contributed by atoms with E-state index in [0.717, 1.165) is 18.5 Å². The number of amides is 2. The first-order valence-electron chi connectivity index (χ1n) is 7.61. The SMILES string of the molecule is CC(NC1Cc2ccccc2C1)c1ccc(NC(N)=O)cc1. The second-order valence-corrected chi connectivity index (χ2v) is 5.87. The molecule has 1 atom stereocenters. The number of hydrogen-bond donors (Lipinski definition) is 3. The fraction of sp³-hybridized carbons (Fsp3) is 0.278. The van der Waals surface area contributed by atoms with Gasteiger partial charge in [-0.1, -0.05) is 36.4 Å². The van der Waals surface area contributed by atoms with Crippen LogP contribution in [-0.4, -0.2) is 12.1 Å². The van der Waals surface area contributed by atoms with E-state index in [1.807, 2.05) is 24.3 Å². The van der Waals surface area contributed by atoms with Crippen LogP contribution in [0.4, 0.5) is 10.5 Å². The van der Waals surface area contributed by atoms with Crippen LogP contribution in [0.2, 0.25) is 0 Å². The molecule has 0 spiro atoms. The molecule has 0 saturated heterocycles. The van der Waals surface area contributed by atoms with Crippen molar-refractivity contribution in [2.75, 3.05) is 5.32 Å². The quantitative estimate of drug-likeness (QED) is 0.811. The van der Waals surface area contributed by atoms with E-state index in [2.05, 4.69) is 41.8 Å². The van der Waals surface area contributed by atoms with Gasteiger partial charge in [-0.25, -0.2) is 4.79 Å². The molecular formula is C18H21N3O. The maximum absolute atomic E-state index is 10.8. The van der Waals surface area contributed by atoms with Crippen molar-refractivity contribution in [3.05, 3.63) is 65.2 Å². The normalized spacial score (nSPS) is 15.3. The minimum atomic E-state index is -0.539. The summed E-state index contributed by atoms with van der Waals surface area (Å²) < 4.78 is 0. The molecule has 2 amide bonds. The minimum absolute atomic E-state index is 0.266. The van der Waals surface area contributed by atoms with Crippen molar-refractivity contribution in [3.8, 4) is 0 Å². The van der Waals surface area contributed by atoms with Crippen molar-refractivity contribution >= 4 is 11.7 Å². The van der Waals surface area contributed by atoms with Gasteiger partial charge in [0.25, 0.3) is 0 Å². The number of nitrogens with two attached hydrogens (primary N) is 1. The van der Waals surface area contributed by atoms with E-state index in [-0.39, 0.29) is 6.04 Å². The lowest BCUT2D eigenvalue weighted by molar-refractivity contribution is 0.259. The third-order valence-corrected chi connectivity index (χ3v) is 4.21. The van der Waals surface area contributed by atoms with Gasteiger partial charge in [0.2, 0.25) is 0 Å². The molecule has 0 saturated carbocycles. The molecule has 4 N–H and O–H groups in total. The number of carbonyl (C=O) groups is 1. The molecule has 1 aliphatic carbocycles. The van der Waals surface area contributed by atoms with E-state index in [0.29, 0.717) is 6.04 Å².